The highest BCUT2D eigenvalue weighted by Gasteiger charge is 2.36. The molecular formula is C18H19BrF3N3O2. The van der Waals surface area contributed by atoms with Crippen LogP contribution < -0.4 is 4.90 Å². The predicted molar refractivity (Wildman–Crippen MR) is 97.7 cm³/mol. The molecule has 3 rings (SSSR count). The standard InChI is InChI=1S/C18H19BrF3N3O2/c1-3-13-10-24(9-11-6-5-7-12(8-11)18(20,21)22)16-14(17(26)27-4-2)15(19)23-25(13)16/h5-8,13H,3-4,9-10H2,1-2H3/t13-/m1/s1. The molecule has 0 unspecified atom stereocenters. The minimum absolute atomic E-state index is 0.0327. The van der Waals surface area contributed by atoms with E-state index in [4.69, 9.17) is 4.74 Å². The molecule has 1 aliphatic rings. The first-order valence-corrected chi connectivity index (χ1v) is 9.41. The molecule has 0 radical (unpaired) electrons. The molecule has 0 aliphatic carbocycles. The van der Waals surface area contributed by atoms with Crippen molar-refractivity contribution in [2.75, 3.05) is 18.1 Å². The van der Waals surface area contributed by atoms with Gasteiger partial charge in [0, 0.05) is 13.1 Å². The third-order valence-corrected chi connectivity index (χ3v) is 5.05. The zero-order chi connectivity index (χ0) is 19.8. The Balaban J connectivity index is 1.97. The molecule has 1 aliphatic heterocycles. The number of alkyl halides is 3. The third kappa shape index (κ3) is 3.83. The number of nitrogens with zero attached hydrogens (tertiary/aromatic N) is 3. The SMILES string of the molecule is CCOC(=O)c1c(Br)nn2c1N(Cc1cccc(C(F)(F)F)c1)C[C@H]2CC. The van der Waals surface area contributed by atoms with Crippen molar-refractivity contribution in [1.82, 2.24) is 9.78 Å². The highest BCUT2D eigenvalue weighted by Crippen LogP contribution is 2.39. The first-order valence-electron chi connectivity index (χ1n) is 8.62. The van der Waals surface area contributed by atoms with Crippen LogP contribution in [0.15, 0.2) is 28.9 Å². The van der Waals surface area contributed by atoms with Gasteiger partial charge in [0.2, 0.25) is 0 Å². The lowest BCUT2D eigenvalue weighted by molar-refractivity contribution is -0.137. The topological polar surface area (TPSA) is 47.4 Å². The minimum Gasteiger partial charge on any atom is -0.462 e. The Labute approximate surface area is 163 Å². The molecule has 5 nitrogen and oxygen atoms in total. The lowest BCUT2D eigenvalue weighted by atomic mass is 10.1. The van der Waals surface area contributed by atoms with E-state index in [0.29, 0.717) is 28.1 Å². The van der Waals surface area contributed by atoms with Gasteiger partial charge in [0.05, 0.1) is 18.2 Å². The van der Waals surface area contributed by atoms with Crippen LogP contribution in [0.25, 0.3) is 0 Å². The number of carbonyl (C=O) groups is 1. The van der Waals surface area contributed by atoms with Crippen LogP contribution in [0.4, 0.5) is 19.0 Å². The number of halogens is 4. The second-order valence-corrected chi connectivity index (χ2v) is 7.05. The summed E-state index contributed by atoms with van der Waals surface area (Å²) >= 11 is 3.31. The van der Waals surface area contributed by atoms with Gasteiger partial charge in [-0.3, -0.25) is 0 Å². The second-order valence-electron chi connectivity index (χ2n) is 6.30. The molecule has 2 heterocycles. The third-order valence-electron chi connectivity index (χ3n) is 4.50. The fourth-order valence-electron chi connectivity index (χ4n) is 3.26. The van der Waals surface area contributed by atoms with Crippen LogP contribution in [0.1, 0.15) is 47.8 Å². The van der Waals surface area contributed by atoms with E-state index in [1.165, 1.54) is 6.07 Å². The Morgan fingerprint density at radius 2 is 2.11 bits per heavy atom. The summed E-state index contributed by atoms with van der Waals surface area (Å²) in [6, 6.07) is 5.26. The van der Waals surface area contributed by atoms with Crippen LogP contribution in [0.2, 0.25) is 0 Å². The van der Waals surface area contributed by atoms with E-state index in [1.807, 2.05) is 11.8 Å². The predicted octanol–water partition coefficient (Wildman–Crippen LogP) is 4.81. The Kier molecular flexibility index (Phi) is 5.50. The van der Waals surface area contributed by atoms with Crippen molar-refractivity contribution in [1.29, 1.82) is 0 Å². The normalized spacial score (nSPS) is 16.5. The molecule has 0 saturated carbocycles. The molecule has 1 aromatic heterocycles. The van der Waals surface area contributed by atoms with Gasteiger partial charge >= 0.3 is 12.1 Å². The number of anilines is 1. The molecule has 27 heavy (non-hydrogen) atoms. The molecule has 0 bridgehead atoms. The van der Waals surface area contributed by atoms with Crippen LogP contribution in [0.5, 0.6) is 0 Å². The van der Waals surface area contributed by atoms with E-state index >= 15 is 0 Å². The van der Waals surface area contributed by atoms with Gasteiger partial charge in [-0.25, -0.2) is 9.48 Å². The van der Waals surface area contributed by atoms with Crippen LogP contribution >= 0.6 is 15.9 Å². The van der Waals surface area contributed by atoms with Gasteiger partial charge in [-0.2, -0.15) is 18.3 Å². The van der Waals surface area contributed by atoms with Crippen molar-refractivity contribution in [3.8, 4) is 0 Å². The number of hydrogen-bond donors (Lipinski definition) is 0. The zero-order valence-electron chi connectivity index (χ0n) is 14.9. The first kappa shape index (κ1) is 19.7. The average molecular weight is 446 g/mol. The van der Waals surface area contributed by atoms with E-state index < -0.39 is 17.7 Å². The van der Waals surface area contributed by atoms with Gasteiger partial charge in [-0.15, -0.1) is 0 Å². The number of hydrogen-bond acceptors (Lipinski definition) is 4. The number of benzene rings is 1. The average Bonchev–Trinajstić information content (AvgIpc) is 3.10. The highest BCUT2D eigenvalue weighted by molar-refractivity contribution is 9.10. The molecule has 0 saturated heterocycles. The monoisotopic (exact) mass is 445 g/mol. The molecule has 9 heteroatoms. The van der Waals surface area contributed by atoms with Crippen molar-refractivity contribution in [2.45, 2.75) is 39.0 Å². The maximum absolute atomic E-state index is 13.0. The zero-order valence-corrected chi connectivity index (χ0v) is 16.5. The summed E-state index contributed by atoms with van der Waals surface area (Å²) in [5.74, 6) is 0.0704. The molecule has 0 amide bonds. The molecule has 0 N–H and O–H groups in total. The lowest BCUT2D eigenvalue weighted by Gasteiger charge is -2.20. The molecule has 146 valence electrons. The quantitative estimate of drug-likeness (QED) is 0.619. The van der Waals surface area contributed by atoms with Crippen LogP contribution in [0, 0.1) is 0 Å². The molecule has 2 aromatic rings. The number of fused-ring (bicyclic) bond motifs is 1. The summed E-state index contributed by atoms with van der Waals surface area (Å²) in [7, 11) is 0. The van der Waals surface area contributed by atoms with E-state index in [-0.39, 0.29) is 19.2 Å². The van der Waals surface area contributed by atoms with E-state index in [1.54, 1.807) is 17.7 Å². The summed E-state index contributed by atoms with van der Waals surface area (Å²) < 4.78 is 46.3. The van der Waals surface area contributed by atoms with Gasteiger partial charge in [0.15, 0.2) is 0 Å². The molecule has 0 spiro atoms. The molecule has 1 aromatic carbocycles. The van der Waals surface area contributed by atoms with Gasteiger partial charge in [-0.05, 0) is 47.0 Å². The van der Waals surface area contributed by atoms with Crippen molar-refractivity contribution in [2.24, 2.45) is 0 Å². The largest absolute Gasteiger partial charge is 0.462 e. The van der Waals surface area contributed by atoms with Crippen LogP contribution in [-0.2, 0) is 17.5 Å². The highest BCUT2D eigenvalue weighted by atomic mass is 79.9. The summed E-state index contributed by atoms with van der Waals surface area (Å²) in [6.45, 7) is 4.74. The number of ether oxygens (including phenoxy) is 1. The van der Waals surface area contributed by atoms with Gasteiger partial charge in [0.1, 0.15) is 16.0 Å². The van der Waals surface area contributed by atoms with Crippen LogP contribution in [0.3, 0.4) is 0 Å². The van der Waals surface area contributed by atoms with Gasteiger partial charge in [0.25, 0.3) is 0 Å². The fraction of sp³-hybridized carbons (Fsp3) is 0.444. The Morgan fingerprint density at radius 3 is 2.74 bits per heavy atom. The van der Waals surface area contributed by atoms with Crippen molar-refractivity contribution in [3.05, 3.63) is 45.6 Å². The first-order chi connectivity index (χ1) is 12.8. The maximum Gasteiger partial charge on any atom is 0.416 e. The van der Waals surface area contributed by atoms with Crippen molar-refractivity contribution in [3.63, 3.8) is 0 Å². The summed E-state index contributed by atoms with van der Waals surface area (Å²) in [6.07, 6.45) is -3.61. The maximum atomic E-state index is 13.0. The fourth-order valence-corrected chi connectivity index (χ4v) is 3.77. The van der Waals surface area contributed by atoms with Crippen LogP contribution in [-0.4, -0.2) is 28.9 Å². The summed E-state index contributed by atoms with van der Waals surface area (Å²) in [5.41, 5.74) is 0.131. The van der Waals surface area contributed by atoms with E-state index in [9.17, 15) is 18.0 Å². The molecule has 1 atom stereocenters. The molecular weight excluding hydrogens is 427 g/mol. The number of aromatic nitrogens is 2. The number of carbonyl (C=O) groups excluding carboxylic acids is 1. The molecule has 0 fully saturated rings. The van der Waals surface area contributed by atoms with Gasteiger partial charge < -0.3 is 9.64 Å². The number of rotatable bonds is 5. The summed E-state index contributed by atoms with van der Waals surface area (Å²) in [4.78, 5) is 14.3. The smallest absolute Gasteiger partial charge is 0.416 e. The van der Waals surface area contributed by atoms with Crippen molar-refractivity contribution < 1.29 is 22.7 Å². The Bertz CT molecular complexity index is 851. The van der Waals surface area contributed by atoms with E-state index in [0.717, 1.165) is 18.6 Å². The minimum atomic E-state index is -4.39. The van der Waals surface area contributed by atoms with Crippen molar-refractivity contribution >= 4 is 27.7 Å². The summed E-state index contributed by atoms with van der Waals surface area (Å²) in [5, 5.41) is 4.41. The Morgan fingerprint density at radius 1 is 1.37 bits per heavy atom. The second kappa shape index (κ2) is 7.53. The number of esters is 1. The Hall–Kier alpha value is -2.03. The van der Waals surface area contributed by atoms with Gasteiger partial charge in [-0.1, -0.05) is 19.1 Å². The van der Waals surface area contributed by atoms with E-state index in [2.05, 4.69) is 21.0 Å². The lowest BCUT2D eigenvalue weighted by Crippen LogP contribution is -2.23.